The summed E-state index contributed by atoms with van der Waals surface area (Å²) >= 11 is 0. The van der Waals surface area contributed by atoms with Gasteiger partial charge in [0, 0.05) is 0 Å². The maximum Gasteiger partial charge on any atom is 0.237 e. The highest BCUT2D eigenvalue weighted by Gasteiger charge is 2.03. The van der Waals surface area contributed by atoms with Crippen molar-refractivity contribution in [3.8, 4) is 11.8 Å². The first-order valence-corrected chi connectivity index (χ1v) is 3.11. The lowest BCUT2D eigenvalue weighted by Crippen LogP contribution is -2.38. The van der Waals surface area contributed by atoms with E-state index in [0.717, 1.165) is 0 Å². The first kappa shape index (κ1) is 8.99. The molecular weight excluding hydrogens is 128 g/mol. The average Bonchev–Trinajstić information content (AvgIpc) is 1.88. The molecule has 0 fully saturated rings. The van der Waals surface area contributed by atoms with E-state index in [1.807, 2.05) is 0 Å². The number of amides is 1. The lowest BCUT2D eigenvalue weighted by Gasteiger charge is -2.02. The molecule has 0 aliphatic heterocycles. The minimum absolute atomic E-state index is 0.164. The average molecular weight is 140 g/mol. The lowest BCUT2D eigenvalue weighted by molar-refractivity contribution is -0.121. The van der Waals surface area contributed by atoms with Crippen LogP contribution in [-0.4, -0.2) is 18.5 Å². The van der Waals surface area contributed by atoms with Gasteiger partial charge in [0.2, 0.25) is 5.91 Å². The number of carbonyl (C=O) groups is 1. The van der Waals surface area contributed by atoms with Crippen molar-refractivity contribution in [2.75, 3.05) is 6.54 Å². The molecule has 3 N–H and O–H groups in total. The maximum atomic E-state index is 10.7. The summed E-state index contributed by atoms with van der Waals surface area (Å²) in [5, 5.41) is 2.55. The zero-order valence-corrected chi connectivity index (χ0v) is 6.27. The van der Waals surface area contributed by atoms with Gasteiger partial charge in [-0.1, -0.05) is 5.92 Å². The highest BCUT2D eigenvalue weighted by molar-refractivity contribution is 5.81. The van der Waals surface area contributed by atoms with E-state index >= 15 is 0 Å². The Bertz CT molecular complexity index is 164. The highest BCUT2D eigenvalue weighted by atomic mass is 16.2. The zero-order valence-electron chi connectivity index (χ0n) is 6.27. The highest BCUT2D eigenvalue weighted by Crippen LogP contribution is 1.72. The third-order valence-electron chi connectivity index (χ3n) is 0.941. The summed E-state index contributed by atoms with van der Waals surface area (Å²) in [5.74, 6) is 5.19. The monoisotopic (exact) mass is 140 g/mol. The van der Waals surface area contributed by atoms with Crippen LogP contribution >= 0.6 is 0 Å². The molecule has 0 bridgehead atoms. The van der Waals surface area contributed by atoms with Crippen molar-refractivity contribution in [3.05, 3.63) is 0 Å². The van der Waals surface area contributed by atoms with Gasteiger partial charge in [0.1, 0.15) is 0 Å². The molecule has 0 aliphatic rings. The summed E-state index contributed by atoms with van der Waals surface area (Å²) in [6, 6.07) is -0.446. The van der Waals surface area contributed by atoms with Gasteiger partial charge in [-0.25, -0.2) is 0 Å². The molecule has 0 heterocycles. The largest absolute Gasteiger partial charge is 0.344 e. The molecule has 0 rings (SSSR count). The molecule has 0 spiro atoms. The van der Waals surface area contributed by atoms with Gasteiger partial charge in [-0.2, -0.15) is 0 Å². The van der Waals surface area contributed by atoms with Crippen LogP contribution in [-0.2, 0) is 4.79 Å². The van der Waals surface area contributed by atoms with Gasteiger partial charge in [0.05, 0.1) is 12.6 Å². The molecule has 0 aliphatic carbocycles. The van der Waals surface area contributed by atoms with Crippen molar-refractivity contribution in [2.24, 2.45) is 5.73 Å². The first-order valence-electron chi connectivity index (χ1n) is 3.11. The van der Waals surface area contributed by atoms with Crippen molar-refractivity contribution in [3.63, 3.8) is 0 Å². The Morgan fingerprint density at radius 1 is 1.80 bits per heavy atom. The van der Waals surface area contributed by atoms with Crippen LogP contribution in [0.2, 0.25) is 0 Å². The van der Waals surface area contributed by atoms with E-state index in [0.29, 0.717) is 6.54 Å². The van der Waals surface area contributed by atoms with Crippen molar-refractivity contribution < 1.29 is 4.79 Å². The van der Waals surface area contributed by atoms with E-state index in [-0.39, 0.29) is 5.91 Å². The molecule has 0 saturated carbocycles. The van der Waals surface area contributed by atoms with E-state index < -0.39 is 6.04 Å². The Morgan fingerprint density at radius 3 is 2.80 bits per heavy atom. The number of carbonyl (C=O) groups excluding carboxylic acids is 1. The Hall–Kier alpha value is -1.01. The summed E-state index contributed by atoms with van der Waals surface area (Å²) in [5.41, 5.74) is 5.26. The van der Waals surface area contributed by atoms with Crippen molar-refractivity contribution in [1.29, 1.82) is 0 Å². The molecule has 0 radical (unpaired) electrons. The van der Waals surface area contributed by atoms with Crippen LogP contribution in [0.15, 0.2) is 0 Å². The molecule has 1 atom stereocenters. The smallest absolute Gasteiger partial charge is 0.237 e. The molecule has 56 valence electrons. The third-order valence-corrected chi connectivity index (χ3v) is 0.941. The van der Waals surface area contributed by atoms with Crippen LogP contribution < -0.4 is 11.1 Å². The number of nitrogens with two attached hydrogens (primary N) is 1. The molecule has 0 saturated heterocycles. The number of nitrogens with one attached hydrogen (secondary N) is 1. The first-order chi connectivity index (χ1) is 4.68. The van der Waals surface area contributed by atoms with Gasteiger partial charge in [-0.3, -0.25) is 4.79 Å². The summed E-state index contributed by atoms with van der Waals surface area (Å²) < 4.78 is 0. The fourth-order valence-electron chi connectivity index (χ4n) is 0.381. The Labute approximate surface area is 61.0 Å². The van der Waals surface area contributed by atoms with Crippen LogP contribution in [0.4, 0.5) is 0 Å². The molecular formula is C7H12N2O. The number of rotatable bonds is 2. The van der Waals surface area contributed by atoms with Gasteiger partial charge in [0.25, 0.3) is 0 Å². The summed E-state index contributed by atoms with van der Waals surface area (Å²) in [4.78, 5) is 10.7. The fraction of sp³-hybridized carbons (Fsp3) is 0.571. The van der Waals surface area contributed by atoms with Crippen LogP contribution in [0.1, 0.15) is 13.8 Å². The molecule has 0 aromatic rings. The van der Waals surface area contributed by atoms with E-state index in [4.69, 9.17) is 5.73 Å². The van der Waals surface area contributed by atoms with Crippen molar-refractivity contribution in [1.82, 2.24) is 5.32 Å². The van der Waals surface area contributed by atoms with Crippen LogP contribution in [0.25, 0.3) is 0 Å². The van der Waals surface area contributed by atoms with Crippen LogP contribution in [0, 0.1) is 11.8 Å². The van der Waals surface area contributed by atoms with Gasteiger partial charge in [-0.15, -0.1) is 5.92 Å². The van der Waals surface area contributed by atoms with Crippen molar-refractivity contribution >= 4 is 5.91 Å². The van der Waals surface area contributed by atoms with Gasteiger partial charge in [-0.05, 0) is 13.8 Å². The number of hydrogen-bond acceptors (Lipinski definition) is 2. The Balaban J connectivity index is 3.47. The van der Waals surface area contributed by atoms with Gasteiger partial charge in [0.15, 0.2) is 0 Å². The Morgan fingerprint density at radius 2 is 2.40 bits per heavy atom. The molecule has 1 amide bonds. The molecule has 3 nitrogen and oxygen atoms in total. The van der Waals surface area contributed by atoms with E-state index in [1.54, 1.807) is 13.8 Å². The van der Waals surface area contributed by atoms with Gasteiger partial charge < -0.3 is 11.1 Å². The summed E-state index contributed by atoms with van der Waals surface area (Å²) in [7, 11) is 0. The van der Waals surface area contributed by atoms with Crippen LogP contribution in [0.3, 0.4) is 0 Å². The lowest BCUT2D eigenvalue weighted by atomic mass is 10.3. The second kappa shape index (κ2) is 4.83. The summed E-state index contributed by atoms with van der Waals surface area (Å²) in [6.45, 7) is 3.74. The molecule has 0 unspecified atom stereocenters. The minimum Gasteiger partial charge on any atom is -0.344 e. The minimum atomic E-state index is -0.446. The summed E-state index contributed by atoms with van der Waals surface area (Å²) in [6.07, 6.45) is 0. The quantitative estimate of drug-likeness (QED) is 0.507. The second-order valence-electron chi connectivity index (χ2n) is 1.93. The van der Waals surface area contributed by atoms with Crippen LogP contribution in [0.5, 0.6) is 0 Å². The molecule has 0 aromatic carbocycles. The zero-order chi connectivity index (χ0) is 7.98. The predicted octanol–water partition coefficient (Wildman–Crippen LogP) is -0.527. The second-order valence-corrected chi connectivity index (χ2v) is 1.93. The molecule has 10 heavy (non-hydrogen) atoms. The van der Waals surface area contributed by atoms with Gasteiger partial charge >= 0.3 is 0 Å². The maximum absolute atomic E-state index is 10.7. The van der Waals surface area contributed by atoms with E-state index in [9.17, 15) is 4.79 Å². The normalized spacial score (nSPS) is 11.1. The van der Waals surface area contributed by atoms with E-state index in [2.05, 4.69) is 17.2 Å². The third kappa shape index (κ3) is 3.93. The number of hydrogen-bond donors (Lipinski definition) is 2. The topological polar surface area (TPSA) is 55.1 Å². The fourth-order valence-corrected chi connectivity index (χ4v) is 0.381. The molecule has 3 heteroatoms. The SMILES string of the molecule is CC#CCNC(=O)[C@H](C)N. The standard InChI is InChI=1S/C7H12N2O/c1-3-4-5-9-7(10)6(2)8/h6H,5,8H2,1-2H3,(H,9,10)/t6-/m0/s1. The predicted molar refractivity (Wildman–Crippen MR) is 40.1 cm³/mol. The Kier molecular flexibility index (Phi) is 4.34. The molecule has 0 aromatic heterocycles. The van der Waals surface area contributed by atoms with E-state index in [1.165, 1.54) is 0 Å². The van der Waals surface area contributed by atoms with Crippen molar-refractivity contribution in [2.45, 2.75) is 19.9 Å².